The molecule has 1 N–H and O–H groups in total. The third-order valence-electron chi connectivity index (χ3n) is 3.68. The maximum atomic E-state index is 3.52. The van der Waals surface area contributed by atoms with Gasteiger partial charge < -0.3 is 5.32 Å². The smallest absolute Gasteiger partial charge is 0.0285 e. The van der Waals surface area contributed by atoms with Gasteiger partial charge in [0.05, 0.1) is 0 Å². The maximum absolute atomic E-state index is 3.52. The second-order valence-corrected chi connectivity index (χ2v) is 6.44. The molecule has 1 aliphatic carbocycles. The van der Waals surface area contributed by atoms with Crippen molar-refractivity contribution in [3.05, 3.63) is 20.8 Å². The molecule has 15 heavy (non-hydrogen) atoms. The first-order valence-electron chi connectivity index (χ1n) is 5.61. The average molecular weight is 288 g/mol. The molecule has 0 amide bonds. The molecule has 1 aliphatic rings. The van der Waals surface area contributed by atoms with Gasteiger partial charge in [0.2, 0.25) is 0 Å². The van der Waals surface area contributed by atoms with Crippen LogP contribution in [0.2, 0.25) is 0 Å². The van der Waals surface area contributed by atoms with Gasteiger partial charge in [-0.3, -0.25) is 0 Å². The lowest BCUT2D eigenvalue weighted by atomic mass is 9.92. The summed E-state index contributed by atoms with van der Waals surface area (Å²) in [5.74, 6) is 1.68. The van der Waals surface area contributed by atoms with Crippen LogP contribution in [0.25, 0.3) is 0 Å². The first-order valence-corrected chi connectivity index (χ1v) is 7.28. The first-order chi connectivity index (χ1) is 7.20. The second kappa shape index (κ2) is 4.98. The number of hydrogen-bond donors (Lipinski definition) is 1. The summed E-state index contributed by atoms with van der Waals surface area (Å²) in [6.45, 7) is 2.39. The van der Waals surface area contributed by atoms with E-state index < -0.39 is 0 Å². The van der Waals surface area contributed by atoms with Gasteiger partial charge in [-0.25, -0.2) is 0 Å². The van der Waals surface area contributed by atoms with Crippen LogP contribution in [0.1, 0.15) is 24.6 Å². The van der Waals surface area contributed by atoms with Gasteiger partial charge >= 0.3 is 0 Å². The van der Waals surface area contributed by atoms with Gasteiger partial charge in [-0.2, -0.15) is 0 Å². The zero-order valence-corrected chi connectivity index (χ0v) is 11.7. The third-order valence-corrected chi connectivity index (χ3v) is 5.40. The monoisotopic (exact) mass is 287 g/mol. The fraction of sp³-hybridized carbons (Fsp3) is 0.667. The van der Waals surface area contributed by atoms with E-state index in [9.17, 15) is 0 Å². The first kappa shape index (κ1) is 11.6. The summed E-state index contributed by atoms with van der Waals surface area (Å²) in [6.07, 6.45) is 3.98. The molecule has 0 saturated heterocycles. The molecule has 1 aromatic rings. The molecule has 2 rings (SSSR count). The van der Waals surface area contributed by atoms with E-state index in [4.69, 9.17) is 0 Å². The highest BCUT2D eigenvalue weighted by molar-refractivity contribution is 9.10. The van der Waals surface area contributed by atoms with Crippen molar-refractivity contribution in [3.63, 3.8) is 0 Å². The molecule has 0 aliphatic heterocycles. The Labute approximate surface area is 104 Å². The van der Waals surface area contributed by atoms with Crippen LogP contribution in [0, 0.1) is 11.8 Å². The molecule has 0 aromatic carbocycles. The average Bonchev–Trinajstić information content (AvgIpc) is 2.76. The topological polar surface area (TPSA) is 12.0 Å². The normalized spacial score (nSPS) is 31.0. The quantitative estimate of drug-likeness (QED) is 0.894. The van der Waals surface area contributed by atoms with Crippen LogP contribution in [-0.4, -0.2) is 13.1 Å². The summed E-state index contributed by atoms with van der Waals surface area (Å²) in [7, 11) is 2.09. The summed E-state index contributed by atoms with van der Waals surface area (Å²) >= 11 is 5.40. The van der Waals surface area contributed by atoms with Crippen LogP contribution in [0.15, 0.2) is 15.9 Å². The van der Waals surface area contributed by atoms with E-state index in [2.05, 4.69) is 46.7 Å². The molecule has 0 bridgehead atoms. The molecule has 0 spiro atoms. The summed E-state index contributed by atoms with van der Waals surface area (Å²) in [4.78, 5) is 1.52. The van der Waals surface area contributed by atoms with E-state index in [0.29, 0.717) is 0 Å². The minimum atomic E-state index is 0.735. The fourth-order valence-corrected chi connectivity index (χ4v) is 4.21. The van der Waals surface area contributed by atoms with Crippen molar-refractivity contribution in [2.45, 2.75) is 32.2 Å². The standard InChI is InChI=1S/C12H18BrNS/c1-8-9(3-4-12(8)14-2)5-11-6-10(13)7-15-11/h6-9,12,14H,3-5H2,1-2H3. The Bertz CT molecular complexity index is 323. The number of nitrogens with one attached hydrogen (secondary N) is 1. The minimum absolute atomic E-state index is 0.735. The molecule has 1 heterocycles. The molecule has 0 radical (unpaired) electrons. The number of thiophene rings is 1. The zero-order chi connectivity index (χ0) is 10.8. The van der Waals surface area contributed by atoms with E-state index in [1.54, 1.807) is 0 Å². The Morgan fingerprint density at radius 1 is 1.53 bits per heavy atom. The fourth-order valence-electron chi connectivity index (χ4n) is 2.66. The summed E-state index contributed by atoms with van der Waals surface area (Å²) in [6, 6.07) is 3.00. The van der Waals surface area contributed by atoms with Crippen LogP contribution >= 0.6 is 27.3 Å². The molecule has 1 saturated carbocycles. The lowest BCUT2D eigenvalue weighted by Crippen LogP contribution is -2.29. The molecular formula is C12H18BrNS. The molecular weight excluding hydrogens is 270 g/mol. The highest BCUT2D eigenvalue weighted by Crippen LogP contribution is 2.35. The molecule has 3 unspecified atom stereocenters. The predicted octanol–water partition coefficient (Wildman–Crippen LogP) is 3.69. The predicted molar refractivity (Wildman–Crippen MR) is 70.5 cm³/mol. The maximum Gasteiger partial charge on any atom is 0.0285 e. The van der Waals surface area contributed by atoms with Crippen molar-refractivity contribution in [2.75, 3.05) is 7.05 Å². The summed E-state index contributed by atoms with van der Waals surface area (Å²) in [5, 5.41) is 5.61. The Hall–Kier alpha value is 0.140. The number of rotatable bonds is 3. The van der Waals surface area contributed by atoms with Gasteiger partial charge in [-0.1, -0.05) is 6.92 Å². The van der Waals surface area contributed by atoms with Crippen LogP contribution < -0.4 is 5.32 Å². The van der Waals surface area contributed by atoms with E-state index in [0.717, 1.165) is 17.9 Å². The minimum Gasteiger partial charge on any atom is -0.317 e. The van der Waals surface area contributed by atoms with Crippen molar-refractivity contribution in [1.82, 2.24) is 5.32 Å². The van der Waals surface area contributed by atoms with Gasteiger partial charge in [0, 0.05) is 20.8 Å². The Morgan fingerprint density at radius 3 is 2.87 bits per heavy atom. The van der Waals surface area contributed by atoms with E-state index >= 15 is 0 Å². The third kappa shape index (κ3) is 2.63. The van der Waals surface area contributed by atoms with Gasteiger partial charge in [0.1, 0.15) is 0 Å². The van der Waals surface area contributed by atoms with Crippen molar-refractivity contribution in [1.29, 1.82) is 0 Å². The summed E-state index contributed by atoms with van der Waals surface area (Å²) in [5.41, 5.74) is 0. The second-order valence-electron chi connectivity index (χ2n) is 4.53. The lowest BCUT2D eigenvalue weighted by Gasteiger charge is -2.19. The molecule has 84 valence electrons. The van der Waals surface area contributed by atoms with Crippen molar-refractivity contribution < 1.29 is 0 Å². The number of hydrogen-bond acceptors (Lipinski definition) is 2. The molecule has 3 heteroatoms. The Kier molecular flexibility index (Phi) is 3.86. The zero-order valence-electron chi connectivity index (χ0n) is 9.29. The van der Waals surface area contributed by atoms with E-state index in [1.165, 1.54) is 28.6 Å². The van der Waals surface area contributed by atoms with Crippen molar-refractivity contribution in [3.8, 4) is 0 Å². The Morgan fingerprint density at radius 2 is 2.33 bits per heavy atom. The largest absolute Gasteiger partial charge is 0.317 e. The lowest BCUT2D eigenvalue weighted by molar-refractivity contribution is 0.365. The number of halogens is 1. The Balaban J connectivity index is 1.96. The summed E-state index contributed by atoms with van der Waals surface area (Å²) < 4.78 is 1.23. The molecule has 1 nitrogen and oxygen atoms in total. The van der Waals surface area contributed by atoms with Crippen molar-refractivity contribution >= 4 is 27.3 Å². The van der Waals surface area contributed by atoms with Gasteiger partial charge in [0.25, 0.3) is 0 Å². The highest BCUT2D eigenvalue weighted by atomic mass is 79.9. The highest BCUT2D eigenvalue weighted by Gasteiger charge is 2.31. The molecule has 3 atom stereocenters. The van der Waals surface area contributed by atoms with Gasteiger partial charge in [-0.15, -0.1) is 11.3 Å². The van der Waals surface area contributed by atoms with Gasteiger partial charge in [-0.05, 0) is 60.1 Å². The molecule has 1 fully saturated rings. The van der Waals surface area contributed by atoms with Crippen LogP contribution in [-0.2, 0) is 6.42 Å². The SMILES string of the molecule is CNC1CCC(Cc2cc(Br)cs2)C1C. The van der Waals surface area contributed by atoms with E-state index in [-0.39, 0.29) is 0 Å². The van der Waals surface area contributed by atoms with E-state index in [1.807, 2.05) is 11.3 Å². The van der Waals surface area contributed by atoms with Crippen LogP contribution in [0.5, 0.6) is 0 Å². The molecule has 1 aromatic heterocycles. The van der Waals surface area contributed by atoms with Gasteiger partial charge in [0.15, 0.2) is 0 Å². The van der Waals surface area contributed by atoms with Crippen LogP contribution in [0.3, 0.4) is 0 Å². The van der Waals surface area contributed by atoms with Crippen LogP contribution in [0.4, 0.5) is 0 Å². The van der Waals surface area contributed by atoms with Crippen molar-refractivity contribution in [2.24, 2.45) is 11.8 Å².